The van der Waals surface area contributed by atoms with Crippen molar-refractivity contribution < 1.29 is 0 Å². The van der Waals surface area contributed by atoms with Gasteiger partial charge in [0.2, 0.25) is 4.77 Å². The van der Waals surface area contributed by atoms with E-state index in [4.69, 9.17) is 12.2 Å². The van der Waals surface area contributed by atoms with E-state index in [1.165, 1.54) is 0 Å². The molecule has 0 aliphatic heterocycles. The Labute approximate surface area is 77.0 Å². The summed E-state index contributed by atoms with van der Waals surface area (Å²) in [4.78, 5) is 0. The van der Waals surface area contributed by atoms with Gasteiger partial charge >= 0.3 is 0 Å². The molecule has 0 radical (unpaired) electrons. The van der Waals surface area contributed by atoms with Crippen molar-refractivity contribution in [3.8, 4) is 0 Å². The van der Waals surface area contributed by atoms with Crippen LogP contribution in [0.3, 0.4) is 0 Å². The van der Waals surface area contributed by atoms with E-state index in [2.05, 4.69) is 36.3 Å². The highest BCUT2D eigenvalue weighted by atomic mass is 32.1. The lowest BCUT2D eigenvalue weighted by Gasteiger charge is -2.23. The summed E-state index contributed by atoms with van der Waals surface area (Å²) < 4.78 is 2.35. The Kier molecular flexibility index (Phi) is 2.62. The Bertz CT molecular complexity index is 298. The van der Waals surface area contributed by atoms with Crippen LogP contribution in [0.5, 0.6) is 0 Å². The molecule has 0 bridgehead atoms. The summed E-state index contributed by atoms with van der Waals surface area (Å²) in [6.45, 7) is 6.38. The zero-order valence-corrected chi connectivity index (χ0v) is 8.48. The van der Waals surface area contributed by atoms with Crippen molar-refractivity contribution in [1.82, 2.24) is 20.2 Å². The topological polar surface area (TPSA) is 46.5 Å². The van der Waals surface area contributed by atoms with E-state index in [9.17, 15) is 0 Å². The first kappa shape index (κ1) is 9.38. The third-order valence-electron chi connectivity index (χ3n) is 1.94. The predicted molar refractivity (Wildman–Crippen MR) is 49.4 cm³/mol. The zero-order valence-electron chi connectivity index (χ0n) is 7.66. The maximum atomic E-state index is 5.01. The highest BCUT2D eigenvalue weighted by molar-refractivity contribution is 7.71. The van der Waals surface area contributed by atoms with E-state index in [1.54, 1.807) is 0 Å². The Hall–Kier alpha value is -0.710. The predicted octanol–water partition coefficient (Wildman–Crippen LogP) is 1.87. The molecule has 0 atom stereocenters. The third-order valence-corrected chi connectivity index (χ3v) is 2.20. The van der Waals surface area contributed by atoms with Crippen LogP contribution >= 0.6 is 12.2 Å². The van der Waals surface area contributed by atoms with Gasteiger partial charge in [-0.1, -0.05) is 23.7 Å². The minimum absolute atomic E-state index is 0.00463. The summed E-state index contributed by atoms with van der Waals surface area (Å²) in [5.41, 5.74) is -0.00463. The van der Waals surface area contributed by atoms with Crippen molar-refractivity contribution in [2.24, 2.45) is 0 Å². The smallest absolute Gasteiger partial charge is 0.237 e. The molecule has 68 valence electrons. The molecule has 1 N–H and O–H groups in total. The largest absolute Gasteiger partial charge is 0.238 e. The Morgan fingerprint density at radius 2 is 2.25 bits per heavy atom. The Morgan fingerprint density at radius 3 is 2.67 bits per heavy atom. The maximum Gasteiger partial charge on any atom is 0.238 e. The van der Waals surface area contributed by atoms with Crippen LogP contribution < -0.4 is 0 Å². The molecular weight excluding hydrogens is 172 g/mol. The van der Waals surface area contributed by atoms with E-state index in [1.807, 2.05) is 4.68 Å². The molecule has 1 aromatic heterocycles. The van der Waals surface area contributed by atoms with Crippen LogP contribution in [0.2, 0.25) is 0 Å². The number of tetrazole rings is 1. The fourth-order valence-electron chi connectivity index (χ4n) is 1.32. The SMILES string of the molecule is CCCC(C)(C)n1[nH]nnc1=S. The first-order valence-electron chi connectivity index (χ1n) is 4.08. The summed E-state index contributed by atoms with van der Waals surface area (Å²) in [5.74, 6) is 0. The van der Waals surface area contributed by atoms with Crippen LogP contribution in [-0.4, -0.2) is 20.2 Å². The molecule has 0 saturated carbocycles. The lowest BCUT2D eigenvalue weighted by Crippen LogP contribution is -2.27. The number of hydrogen-bond donors (Lipinski definition) is 1. The van der Waals surface area contributed by atoms with Crippen LogP contribution in [0.25, 0.3) is 0 Å². The molecule has 0 fully saturated rings. The Balaban J connectivity index is 2.96. The van der Waals surface area contributed by atoms with Gasteiger partial charge in [0.25, 0.3) is 0 Å². The zero-order chi connectivity index (χ0) is 9.19. The van der Waals surface area contributed by atoms with Gasteiger partial charge in [-0.2, -0.15) is 5.21 Å². The van der Waals surface area contributed by atoms with Crippen LogP contribution in [0.4, 0.5) is 0 Å². The molecule has 1 rings (SSSR count). The van der Waals surface area contributed by atoms with Gasteiger partial charge in [0.1, 0.15) is 0 Å². The molecule has 0 aliphatic carbocycles. The van der Waals surface area contributed by atoms with Crippen molar-refractivity contribution >= 4 is 12.2 Å². The molecule has 1 aromatic rings. The van der Waals surface area contributed by atoms with Gasteiger partial charge in [-0.05, 0) is 32.5 Å². The summed E-state index contributed by atoms with van der Waals surface area (Å²) >= 11 is 5.01. The van der Waals surface area contributed by atoms with E-state index in [0.29, 0.717) is 4.77 Å². The number of hydrogen-bond acceptors (Lipinski definition) is 3. The second-order valence-electron chi connectivity index (χ2n) is 3.48. The third kappa shape index (κ3) is 1.72. The molecule has 5 heteroatoms. The minimum Gasteiger partial charge on any atom is -0.237 e. The lowest BCUT2D eigenvalue weighted by atomic mass is 10.00. The molecule has 0 amide bonds. The average molecular weight is 186 g/mol. The quantitative estimate of drug-likeness (QED) is 0.733. The van der Waals surface area contributed by atoms with Crippen LogP contribution in [0, 0.1) is 4.77 Å². The number of nitrogens with zero attached hydrogens (tertiary/aromatic N) is 3. The summed E-state index contributed by atoms with van der Waals surface area (Å²) in [6, 6.07) is 0. The molecule has 12 heavy (non-hydrogen) atoms. The number of H-pyrrole nitrogens is 1. The van der Waals surface area contributed by atoms with E-state index in [0.717, 1.165) is 12.8 Å². The van der Waals surface area contributed by atoms with Crippen LogP contribution in [0.1, 0.15) is 33.6 Å². The second kappa shape index (κ2) is 3.35. The van der Waals surface area contributed by atoms with Gasteiger partial charge in [-0.15, -0.1) is 0 Å². The molecule has 0 aromatic carbocycles. The monoisotopic (exact) mass is 186 g/mol. The van der Waals surface area contributed by atoms with Gasteiger partial charge in [0.05, 0.1) is 5.54 Å². The standard InChI is InChI=1S/C7H14N4S/c1-4-5-7(2,3)11-6(12)8-9-10-11/h4-5H2,1-3H3,(H,8,10,12). The Morgan fingerprint density at radius 1 is 1.58 bits per heavy atom. The van der Waals surface area contributed by atoms with Gasteiger partial charge in [0, 0.05) is 0 Å². The number of nitrogens with one attached hydrogen (secondary N) is 1. The number of aromatic nitrogens is 4. The summed E-state index contributed by atoms with van der Waals surface area (Å²) in [5, 5.41) is 10.2. The lowest BCUT2D eigenvalue weighted by molar-refractivity contribution is 0.283. The normalized spacial score (nSPS) is 11.9. The van der Waals surface area contributed by atoms with Gasteiger partial charge in [0.15, 0.2) is 0 Å². The molecule has 1 heterocycles. The minimum atomic E-state index is -0.00463. The van der Waals surface area contributed by atoms with Crippen molar-refractivity contribution in [3.63, 3.8) is 0 Å². The van der Waals surface area contributed by atoms with Gasteiger partial charge < -0.3 is 0 Å². The first-order valence-corrected chi connectivity index (χ1v) is 4.49. The van der Waals surface area contributed by atoms with Gasteiger partial charge in [-0.25, -0.2) is 4.68 Å². The van der Waals surface area contributed by atoms with Crippen LogP contribution in [0.15, 0.2) is 0 Å². The molecular formula is C7H14N4S. The molecule has 0 saturated heterocycles. The number of aromatic amines is 1. The van der Waals surface area contributed by atoms with Gasteiger partial charge in [-0.3, -0.25) is 0 Å². The summed E-state index contributed by atoms with van der Waals surface area (Å²) in [6.07, 6.45) is 2.18. The van der Waals surface area contributed by atoms with Crippen molar-refractivity contribution in [3.05, 3.63) is 4.77 Å². The first-order chi connectivity index (χ1) is 5.58. The molecule has 4 nitrogen and oxygen atoms in total. The highest BCUT2D eigenvalue weighted by Crippen LogP contribution is 2.19. The van der Waals surface area contributed by atoms with Crippen molar-refractivity contribution in [1.29, 1.82) is 0 Å². The molecule has 0 aliphatic rings. The average Bonchev–Trinajstić information content (AvgIpc) is 2.35. The highest BCUT2D eigenvalue weighted by Gasteiger charge is 2.20. The van der Waals surface area contributed by atoms with E-state index in [-0.39, 0.29) is 5.54 Å². The summed E-state index contributed by atoms with van der Waals surface area (Å²) in [7, 11) is 0. The van der Waals surface area contributed by atoms with Crippen molar-refractivity contribution in [2.45, 2.75) is 39.2 Å². The van der Waals surface area contributed by atoms with E-state index >= 15 is 0 Å². The molecule has 0 spiro atoms. The van der Waals surface area contributed by atoms with Crippen molar-refractivity contribution in [2.75, 3.05) is 0 Å². The second-order valence-corrected chi connectivity index (χ2v) is 3.85. The molecule has 0 unspecified atom stereocenters. The van der Waals surface area contributed by atoms with E-state index < -0.39 is 0 Å². The fourth-order valence-corrected chi connectivity index (χ4v) is 1.64. The van der Waals surface area contributed by atoms with Crippen LogP contribution in [-0.2, 0) is 5.54 Å². The number of rotatable bonds is 3. The fraction of sp³-hybridized carbons (Fsp3) is 0.857. The maximum absolute atomic E-state index is 5.01.